The van der Waals surface area contributed by atoms with Crippen LogP contribution in [-0.2, 0) is 11.2 Å². The van der Waals surface area contributed by atoms with E-state index in [1.165, 1.54) is 16.7 Å². The van der Waals surface area contributed by atoms with Gasteiger partial charge in [0.2, 0.25) is 0 Å². The molecule has 0 spiro atoms. The molecule has 1 aliphatic carbocycles. The lowest BCUT2D eigenvalue weighted by Crippen LogP contribution is -2.15. The van der Waals surface area contributed by atoms with E-state index in [4.69, 9.17) is 4.74 Å². The van der Waals surface area contributed by atoms with Crippen molar-refractivity contribution in [3.05, 3.63) is 83.4 Å². The van der Waals surface area contributed by atoms with Gasteiger partial charge in [0.05, 0.1) is 6.61 Å². The van der Waals surface area contributed by atoms with Crippen molar-refractivity contribution >= 4 is 23.4 Å². The minimum atomic E-state index is -0.544. The van der Waals surface area contributed by atoms with E-state index in [0.717, 1.165) is 17.7 Å². The molecule has 4 rings (SSSR count). The minimum absolute atomic E-state index is 0.237. The van der Waals surface area contributed by atoms with Gasteiger partial charge in [0.25, 0.3) is 5.91 Å². The lowest BCUT2D eigenvalue weighted by molar-refractivity contribution is 0.102. The molecule has 0 radical (unpaired) electrons. The number of fused-ring (bicyclic) bond motifs is 3. The standard InChI is InChI=1S/C23H20N2O3/c1-2-28-23(27)25-18-8-5-7-17(13-18)22(26)24-19-11-10-16-12-15-6-3-4-9-20(15)21(16)14-19/h3-11,13-14H,2,12H2,1H3,(H,24,26)(H,25,27). The number of anilines is 2. The molecule has 5 nitrogen and oxygen atoms in total. The third-order valence-corrected chi connectivity index (χ3v) is 4.70. The summed E-state index contributed by atoms with van der Waals surface area (Å²) < 4.78 is 4.86. The van der Waals surface area contributed by atoms with Gasteiger partial charge in [0.15, 0.2) is 0 Å². The number of benzene rings is 3. The Labute approximate surface area is 163 Å². The zero-order valence-electron chi connectivity index (χ0n) is 15.5. The first-order valence-corrected chi connectivity index (χ1v) is 9.20. The molecular formula is C23H20N2O3. The number of amides is 2. The molecule has 0 unspecified atom stereocenters. The lowest BCUT2D eigenvalue weighted by Gasteiger charge is -2.10. The molecule has 0 saturated heterocycles. The van der Waals surface area contributed by atoms with Gasteiger partial charge < -0.3 is 10.1 Å². The lowest BCUT2D eigenvalue weighted by atomic mass is 10.1. The van der Waals surface area contributed by atoms with Crippen LogP contribution in [0.4, 0.5) is 16.2 Å². The molecule has 0 fully saturated rings. The third kappa shape index (κ3) is 3.60. The van der Waals surface area contributed by atoms with Crippen molar-refractivity contribution in [1.29, 1.82) is 0 Å². The first-order chi connectivity index (χ1) is 13.6. The summed E-state index contributed by atoms with van der Waals surface area (Å²) in [6.07, 6.45) is 0.374. The molecular weight excluding hydrogens is 352 g/mol. The van der Waals surface area contributed by atoms with Crippen molar-refractivity contribution in [3.63, 3.8) is 0 Å². The van der Waals surface area contributed by atoms with Gasteiger partial charge in [-0.1, -0.05) is 36.4 Å². The monoisotopic (exact) mass is 372 g/mol. The maximum atomic E-state index is 12.7. The van der Waals surface area contributed by atoms with Gasteiger partial charge in [0, 0.05) is 16.9 Å². The van der Waals surface area contributed by atoms with Gasteiger partial charge in [-0.3, -0.25) is 10.1 Å². The number of hydrogen-bond donors (Lipinski definition) is 2. The van der Waals surface area contributed by atoms with Gasteiger partial charge in [-0.15, -0.1) is 0 Å². The highest BCUT2D eigenvalue weighted by atomic mass is 16.5. The molecule has 3 aromatic carbocycles. The van der Waals surface area contributed by atoms with Crippen LogP contribution in [0.1, 0.15) is 28.4 Å². The highest BCUT2D eigenvalue weighted by molar-refractivity contribution is 6.05. The van der Waals surface area contributed by atoms with Crippen molar-refractivity contribution < 1.29 is 14.3 Å². The zero-order chi connectivity index (χ0) is 19.5. The topological polar surface area (TPSA) is 67.4 Å². The van der Waals surface area contributed by atoms with Crippen LogP contribution in [0.2, 0.25) is 0 Å². The van der Waals surface area contributed by atoms with Crippen LogP contribution in [0.5, 0.6) is 0 Å². The number of carbonyl (C=O) groups is 2. The first-order valence-electron chi connectivity index (χ1n) is 9.20. The maximum absolute atomic E-state index is 12.7. The Morgan fingerprint density at radius 1 is 0.857 bits per heavy atom. The van der Waals surface area contributed by atoms with E-state index in [2.05, 4.69) is 28.8 Å². The van der Waals surface area contributed by atoms with Crippen molar-refractivity contribution in [2.45, 2.75) is 13.3 Å². The molecule has 0 aromatic heterocycles. The Kier molecular flexibility index (Phi) is 4.81. The van der Waals surface area contributed by atoms with Gasteiger partial charge in [-0.25, -0.2) is 4.79 Å². The molecule has 0 heterocycles. The number of nitrogens with one attached hydrogen (secondary N) is 2. The van der Waals surface area contributed by atoms with Crippen LogP contribution in [0, 0.1) is 0 Å². The summed E-state index contributed by atoms with van der Waals surface area (Å²) in [5, 5.41) is 5.55. The minimum Gasteiger partial charge on any atom is -0.450 e. The largest absolute Gasteiger partial charge is 0.450 e. The predicted molar refractivity (Wildman–Crippen MR) is 110 cm³/mol. The molecule has 0 aliphatic heterocycles. The van der Waals surface area contributed by atoms with Crippen LogP contribution in [0.15, 0.2) is 66.7 Å². The molecule has 3 aromatic rings. The van der Waals surface area contributed by atoms with Crippen molar-refractivity contribution in [2.24, 2.45) is 0 Å². The van der Waals surface area contributed by atoms with Crippen molar-refractivity contribution in [1.82, 2.24) is 0 Å². The second kappa shape index (κ2) is 7.56. The fourth-order valence-electron chi connectivity index (χ4n) is 3.43. The molecule has 2 amide bonds. The van der Waals surface area contributed by atoms with Gasteiger partial charge >= 0.3 is 6.09 Å². The SMILES string of the molecule is CCOC(=O)Nc1cccc(C(=O)Nc2ccc3c(c2)-c2ccccc2C3)c1. The van der Waals surface area contributed by atoms with E-state index >= 15 is 0 Å². The molecule has 2 N–H and O–H groups in total. The summed E-state index contributed by atoms with van der Waals surface area (Å²) >= 11 is 0. The fraction of sp³-hybridized carbons (Fsp3) is 0.130. The van der Waals surface area contributed by atoms with E-state index < -0.39 is 6.09 Å². The van der Waals surface area contributed by atoms with Crippen molar-refractivity contribution in [2.75, 3.05) is 17.2 Å². The third-order valence-electron chi connectivity index (χ3n) is 4.70. The molecule has 0 bridgehead atoms. The molecule has 0 saturated carbocycles. The average Bonchev–Trinajstić information content (AvgIpc) is 3.06. The Balaban J connectivity index is 1.52. The Morgan fingerprint density at radius 2 is 1.64 bits per heavy atom. The summed E-state index contributed by atoms with van der Waals surface area (Å²) in [7, 11) is 0. The van der Waals surface area contributed by atoms with E-state index in [0.29, 0.717) is 11.3 Å². The first kappa shape index (κ1) is 17.8. The summed E-state index contributed by atoms with van der Waals surface area (Å²) in [4.78, 5) is 24.2. The summed E-state index contributed by atoms with van der Waals surface area (Å²) in [5.41, 5.74) is 6.65. The Hall–Kier alpha value is -3.60. The Bertz CT molecular complexity index is 1060. The molecule has 0 atom stereocenters. The van der Waals surface area contributed by atoms with Crippen LogP contribution in [-0.4, -0.2) is 18.6 Å². The fourth-order valence-corrected chi connectivity index (χ4v) is 3.43. The van der Waals surface area contributed by atoms with E-state index in [1.54, 1.807) is 31.2 Å². The van der Waals surface area contributed by atoms with E-state index in [1.807, 2.05) is 24.3 Å². The molecule has 28 heavy (non-hydrogen) atoms. The zero-order valence-corrected chi connectivity index (χ0v) is 15.5. The predicted octanol–water partition coefficient (Wildman–Crippen LogP) is 5.08. The van der Waals surface area contributed by atoms with Gasteiger partial charge in [-0.2, -0.15) is 0 Å². The van der Waals surface area contributed by atoms with Gasteiger partial charge in [0.1, 0.15) is 0 Å². The second-order valence-electron chi connectivity index (χ2n) is 6.59. The number of hydrogen-bond acceptors (Lipinski definition) is 3. The molecule has 1 aliphatic rings. The van der Waals surface area contributed by atoms with Crippen LogP contribution in [0.3, 0.4) is 0 Å². The molecule has 5 heteroatoms. The quantitative estimate of drug-likeness (QED) is 0.525. The number of ether oxygens (including phenoxy) is 1. The van der Waals surface area contributed by atoms with Crippen LogP contribution < -0.4 is 10.6 Å². The van der Waals surface area contributed by atoms with Crippen LogP contribution >= 0.6 is 0 Å². The number of carbonyl (C=O) groups excluding carboxylic acids is 2. The van der Waals surface area contributed by atoms with Gasteiger partial charge in [-0.05, 0) is 65.9 Å². The smallest absolute Gasteiger partial charge is 0.411 e. The summed E-state index contributed by atoms with van der Waals surface area (Å²) in [6.45, 7) is 2.02. The number of rotatable bonds is 4. The highest BCUT2D eigenvalue weighted by Crippen LogP contribution is 2.37. The highest BCUT2D eigenvalue weighted by Gasteiger charge is 2.18. The summed E-state index contributed by atoms with van der Waals surface area (Å²) in [6, 6.07) is 21.1. The summed E-state index contributed by atoms with van der Waals surface area (Å²) in [5.74, 6) is -0.237. The average molecular weight is 372 g/mol. The normalized spacial score (nSPS) is 11.3. The second-order valence-corrected chi connectivity index (χ2v) is 6.59. The van der Waals surface area contributed by atoms with E-state index in [9.17, 15) is 9.59 Å². The maximum Gasteiger partial charge on any atom is 0.411 e. The Morgan fingerprint density at radius 3 is 2.50 bits per heavy atom. The molecule has 140 valence electrons. The van der Waals surface area contributed by atoms with Crippen LogP contribution in [0.25, 0.3) is 11.1 Å². The van der Waals surface area contributed by atoms with Crippen molar-refractivity contribution in [3.8, 4) is 11.1 Å². The van der Waals surface area contributed by atoms with E-state index in [-0.39, 0.29) is 12.5 Å².